The third kappa shape index (κ3) is 2.88. The van der Waals surface area contributed by atoms with Crippen LogP contribution in [0.1, 0.15) is 37.7 Å². The summed E-state index contributed by atoms with van der Waals surface area (Å²) in [7, 11) is 1.50. The Labute approximate surface area is 105 Å². The minimum Gasteiger partial charge on any atom is -0.333 e. The van der Waals surface area contributed by atoms with Crippen LogP contribution in [0.2, 0.25) is 0 Å². The lowest BCUT2D eigenvalue weighted by atomic mass is 10.0. The molecule has 2 atom stereocenters. The number of hydrogen-bond acceptors (Lipinski definition) is 2. The number of fused-ring (bicyclic) bond motifs is 2. The van der Waals surface area contributed by atoms with Crippen molar-refractivity contribution in [3.05, 3.63) is 35.9 Å². The van der Waals surface area contributed by atoms with Gasteiger partial charge >= 0.3 is 0 Å². The van der Waals surface area contributed by atoms with Crippen LogP contribution in [0.5, 0.6) is 0 Å². The molecule has 0 saturated carbocycles. The number of rotatable bonds is 2. The number of nitrogens with zero attached hydrogens (tertiary/aromatic N) is 1. The lowest BCUT2D eigenvalue weighted by molar-refractivity contribution is 0.132. The quantitative estimate of drug-likeness (QED) is 0.849. The molecule has 2 bridgehead atoms. The minimum atomic E-state index is 0.893. The maximum absolute atomic E-state index is 4.50. The van der Waals surface area contributed by atoms with Gasteiger partial charge in [0.05, 0.1) is 0 Å². The average molecular weight is 232 g/mol. The largest absolute Gasteiger partial charge is 0.333 e. The summed E-state index contributed by atoms with van der Waals surface area (Å²) in [5.74, 6) is 0. The summed E-state index contributed by atoms with van der Waals surface area (Å²) < 4.78 is 0. The van der Waals surface area contributed by atoms with Gasteiger partial charge in [-0.1, -0.05) is 36.8 Å². The smallest absolute Gasteiger partial charge is 0.0239 e. The van der Waals surface area contributed by atoms with E-state index in [1.54, 1.807) is 0 Å². The topological polar surface area (TPSA) is 29.3 Å². The first-order valence-electron chi connectivity index (χ1n) is 6.81. The summed E-state index contributed by atoms with van der Waals surface area (Å²) in [6.45, 7) is 1.18. The van der Waals surface area contributed by atoms with E-state index in [0.29, 0.717) is 0 Å². The van der Waals surface area contributed by atoms with Gasteiger partial charge in [0.15, 0.2) is 0 Å². The molecule has 2 heteroatoms. The fourth-order valence-corrected chi connectivity index (χ4v) is 3.28. The fourth-order valence-electron chi connectivity index (χ4n) is 3.28. The Morgan fingerprint density at radius 3 is 2.18 bits per heavy atom. The first-order valence-corrected chi connectivity index (χ1v) is 6.81. The highest BCUT2D eigenvalue weighted by molar-refractivity contribution is 5.15. The molecular weight excluding hydrogens is 208 g/mol. The van der Waals surface area contributed by atoms with Crippen LogP contribution in [0.4, 0.5) is 0 Å². The van der Waals surface area contributed by atoms with Crippen LogP contribution in [-0.4, -0.2) is 24.0 Å². The van der Waals surface area contributed by atoms with E-state index in [1.807, 2.05) is 0 Å². The van der Waals surface area contributed by atoms with Crippen LogP contribution in [0.3, 0.4) is 0 Å². The summed E-state index contributed by atoms with van der Waals surface area (Å²) in [4.78, 5) is 2.75. The van der Waals surface area contributed by atoms with Crippen LogP contribution in [0, 0.1) is 0 Å². The molecule has 0 aliphatic carbocycles. The van der Waals surface area contributed by atoms with Crippen LogP contribution in [0.25, 0.3) is 0 Å². The zero-order valence-corrected chi connectivity index (χ0v) is 10.8. The van der Waals surface area contributed by atoms with Crippen molar-refractivity contribution in [2.45, 2.75) is 50.7 Å². The highest BCUT2D eigenvalue weighted by Gasteiger charge is 2.35. The van der Waals surface area contributed by atoms with Gasteiger partial charge < -0.3 is 5.73 Å². The summed E-state index contributed by atoms with van der Waals surface area (Å²) >= 11 is 0. The van der Waals surface area contributed by atoms with Crippen molar-refractivity contribution >= 4 is 0 Å². The highest BCUT2D eigenvalue weighted by Crippen LogP contribution is 2.36. The summed E-state index contributed by atoms with van der Waals surface area (Å²) in [5, 5.41) is 0. The van der Waals surface area contributed by atoms with E-state index in [2.05, 4.69) is 41.0 Å². The molecule has 1 aromatic rings. The molecular formula is C15H24N2. The molecule has 0 amide bonds. The standard InChI is InChI=1S/C14H19N.CH5N/c1-2-5-12(6-3-1)11-15-13-7-4-8-14(15)10-9-13;1-2/h1-3,5-6,13-14H,4,7-11H2;2H2,1H3/t13-,14?;/m1./s1. The van der Waals surface area contributed by atoms with Crippen molar-refractivity contribution in [1.29, 1.82) is 0 Å². The Balaban J connectivity index is 0.000000514. The van der Waals surface area contributed by atoms with Crippen molar-refractivity contribution in [2.24, 2.45) is 5.73 Å². The Kier molecular flexibility index (Phi) is 4.57. The molecule has 1 unspecified atom stereocenters. The van der Waals surface area contributed by atoms with Crippen molar-refractivity contribution in [3.63, 3.8) is 0 Å². The monoisotopic (exact) mass is 232 g/mol. The van der Waals surface area contributed by atoms with E-state index < -0.39 is 0 Å². The molecule has 2 heterocycles. The third-order valence-corrected chi connectivity index (χ3v) is 4.05. The van der Waals surface area contributed by atoms with E-state index in [9.17, 15) is 0 Å². The second-order valence-corrected chi connectivity index (χ2v) is 4.97. The lowest BCUT2D eigenvalue weighted by Gasteiger charge is -2.34. The Hall–Kier alpha value is -0.860. The van der Waals surface area contributed by atoms with Gasteiger partial charge in [0.25, 0.3) is 0 Å². The number of piperidine rings is 1. The van der Waals surface area contributed by atoms with Crippen LogP contribution >= 0.6 is 0 Å². The summed E-state index contributed by atoms with van der Waals surface area (Å²) in [6.07, 6.45) is 7.21. The van der Waals surface area contributed by atoms with Crippen LogP contribution in [0.15, 0.2) is 30.3 Å². The van der Waals surface area contributed by atoms with Gasteiger partial charge in [-0.25, -0.2) is 0 Å². The van der Waals surface area contributed by atoms with Gasteiger partial charge in [-0.05, 0) is 38.3 Å². The van der Waals surface area contributed by atoms with Gasteiger partial charge in [-0.3, -0.25) is 4.90 Å². The van der Waals surface area contributed by atoms with Gasteiger partial charge in [0.1, 0.15) is 0 Å². The molecule has 0 aromatic heterocycles. The molecule has 2 saturated heterocycles. The highest BCUT2D eigenvalue weighted by atomic mass is 15.2. The Morgan fingerprint density at radius 2 is 1.59 bits per heavy atom. The number of nitrogens with two attached hydrogens (primary N) is 1. The molecule has 0 spiro atoms. The normalized spacial score (nSPS) is 27.4. The molecule has 2 N–H and O–H groups in total. The van der Waals surface area contributed by atoms with Crippen molar-refractivity contribution in [3.8, 4) is 0 Å². The Bertz CT molecular complexity index is 307. The molecule has 3 rings (SSSR count). The second-order valence-electron chi connectivity index (χ2n) is 4.97. The first-order chi connectivity index (χ1) is 8.43. The van der Waals surface area contributed by atoms with Crippen molar-refractivity contribution < 1.29 is 0 Å². The zero-order chi connectivity index (χ0) is 12.1. The molecule has 17 heavy (non-hydrogen) atoms. The van der Waals surface area contributed by atoms with Gasteiger partial charge in [0.2, 0.25) is 0 Å². The maximum atomic E-state index is 4.50. The minimum absolute atomic E-state index is 0.893. The molecule has 1 aromatic carbocycles. The Morgan fingerprint density at radius 1 is 1.00 bits per heavy atom. The van der Waals surface area contributed by atoms with Crippen molar-refractivity contribution in [2.75, 3.05) is 7.05 Å². The first kappa shape index (κ1) is 12.6. The van der Waals surface area contributed by atoms with Crippen LogP contribution < -0.4 is 5.73 Å². The lowest BCUT2D eigenvalue weighted by Crippen LogP contribution is -2.38. The number of benzene rings is 1. The molecule has 2 fully saturated rings. The predicted molar refractivity (Wildman–Crippen MR) is 72.8 cm³/mol. The molecule has 2 aliphatic heterocycles. The fraction of sp³-hybridized carbons (Fsp3) is 0.600. The van der Waals surface area contributed by atoms with E-state index in [0.717, 1.165) is 12.1 Å². The SMILES string of the molecule is CN.c1ccc(CN2C3CCC[C@@H]2CC3)cc1. The van der Waals surface area contributed by atoms with Crippen LogP contribution in [-0.2, 0) is 6.54 Å². The van der Waals surface area contributed by atoms with E-state index in [1.165, 1.54) is 51.3 Å². The van der Waals surface area contributed by atoms with Gasteiger partial charge in [-0.15, -0.1) is 0 Å². The average Bonchev–Trinajstić information content (AvgIpc) is 2.64. The molecule has 0 radical (unpaired) electrons. The van der Waals surface area contributed by atoms with E-state index >= 15 is 0 Å². The predicted octanol–water partition coefficient (Wildman–Crippen LogP) is 2.78. The van der Waals surface area contributed by atoms with E-state index in [4.69, 9.17) is 0 Å². The molecule has 94 valence electrons. The van der Waals surface area contributed by atoms with E-state index in [-0.39, 0.29) is 0 Å². The van der Waals surface area contributed by atoms with Gasteiger partial charge in [-0.2, -0.15) is 0 Å². The van der Waals surface area contributed by atoms with Gasteiger partial charge in [0, 0.05) is 18.6 Å². The summed E-state index contributed by atoms with van der Waals surface area (Å²) in [6, 6.07) is 12.7. The molecule has 2 aliphatic rings. The third-order valence-electron chi connectivity index (χ3n) is 4.05. The van der Waals surface area contributed by atoms with Crippen molar-refractivity contribution in [1.82, 2.24) is 4.90 Å². The summed E-state index contributed by atoms with van der Waals surface area (Å²) in [5.41, 5.74) is 5.98. The zero-order valence-electron chi connectivity index (χ0n) is 10.8. The second kappa shape index (κ2) is 6.18. The molecule has 2 nitrogen and oxygen atoms in total. The maximum Gasteiger partial charge on any atom is 0.0239 e. The number of hydrogen-bond donors (Lipinski definition) is 1.